The van der Waals surface area contributed by atoms with Crippen LogP contribution in [0.15, 0.2) is 12.1 Å². The molecule has 1 aromatic rings. The quantitative estimate of drug-likeness (QED) is 0.856. The molecule has 2 aliphatic rings. The number of hydrogen-bond acceptors (Lipinski definition) is 4. The number of benzene rings is 1. The largest absolute Gasteiger partial charge is 0.493 e. The summed E-state index contributed by atoms with van der Waals surface area (Å²) in [7, 11) is 0. The summed E-state index contributed by atoms with van der Waals surface area (Å²) in [6.07, 6.45) is 0.567. The number of nitrogens with zero attached hydrogens (tertiary/aromatic N) is 1. The molecule has 2 aliphatic heterocycles. The summed E-state index contributed by atoms with van der Waals surface area (Å²) >= 11 is 6.04. The molecule has 0 aliphatic carbocycles. The van der Waals surface area contributed by atoms with Crippen molar-refractivity contribution in [1.82, 2.24) is 10.2 Å². The van der Waals surface area contributed by atoms with Crippen molar-refractivity contribution >= 4 is 29.3 Å². The van der Waals surface area contributed by atoms with Gasteiger partial charge in [-0.2, -0.15) is 0 Å². The van der Waals surface area contributed by atoms with Gasteiger partial charge in [0.25, 0.3) is 5.91 Å². The smallest absolute Gasteiger partial charge is 0.255 e. The molecule has 22 heavy (non-hydrogen) atoms. The van der Waals surface area contributed by atoms with Gasteiger partial charge in [0.05, 0.1) is 13.2 Å². The molecule has 116 valence electrons. The second-order valence-corrected chi connectivity index (χ2v) is 5.70. The summed E-state index contributed by atoms with van der Waals surface area (Å²) in [5.74, 6) is -0.425. The number of halogens is 1. The number of piperidine rings is 1. The molecule has 0 bridgehead atoms. The Morgan fingerprint density at radius 3 is 2.82 bits per heavy atom. The molecular weight excluding hydrogens is 308 g/mol. The second-order valence-electron chi connectivity index (χ2n) is 5.26. The third kappa shape index (κ3) is 2.43. The first-order valence-electron chi connectivity index (χ1n) is 7.11. The highest BCUT2D eigenvalue weighted by Crippen LogP contribution is 2.36. The van der Waals surface area contributed by atoms with Crippen molar-refractivity contribution < 1.29 is 19.1 Å². The minimum absolute atomic E-state index is 0.232. The van der Waals surface area contributed by atoms with E-state index in [0.29, 0.717) is 29.4 Å². The average Bonchev–Trinajstić information content (AvgIpc) is 2.77. The molecule has 1 fully saturated rings. The van der Waals surface area contributed by atoms with Crippen LogP contribution in [0.3, 0.4) is 0 Å². The minimum Gasteiger partial charge on any atom is -0.493 e. The van der Waals surface area contributed by atoms with Crippen molar-refractivity contribution in [3.05, 3.63) is 28.3 Å². The van der Waals surface area contributed by atoms with E-state index >= 15 is 0 Å². The monoisotopic (exact) mass is 322 g/mol. The molecule has 6 nitrogen and oxygen atoms in total. The predicted octanol–water partition coefficient (Wildman–Crippen LogP) is 1.50. The highest BCUT2D eigenvalue weighted by atomic mass is 35.5. The molecule has 7 heteroatoms. The van der Waals surface area contributed by atoms with Crippen molar-refractivity contribution in [2.24, 2.45) is 0 Å². The van der Waals surface area contributed by atoms with Crippen LogP contribution in [0.1, 0.15) is 35.7 Å². The summed E-state index contributed by atoms with van der Waals surface area (Å²) in [6.45, 7) is 2.59. The first kappa shape index (κ1) is 14.8. The topological polar surface area (TPSA) is 75.7 Å². The molecule has 1 N–H and O–H groups in total. The van der Waals surface area contributed by atoms with Crippen LogP contribution in [0.2, 0.25) is 5.02 Å². The Morgan fingerprint density at radius 2 is 2.14 bits per heavy atom. The highest BCUT2D eigenvalue weighted by Gasteiger charge is 2.40. The van der Waals surface area contributed by atoms with Gasteiger partial charge in [-0.1, -0.05) is 11.6 Å². The maximum absolute atomic E-state index is 12.6. The number of rotatable bonds is 3. The second kappa shape index (κ2) is 5.61. The molecule has 2 heterocycles. The van der Waals surface area contributed by atoms with Gasteiger partial charge in [0.1, 0.15) is 11.8 Å². The Balaban J connectivity index is 1.92. The lowest BCUT2D eigenvalue weighted by molar-refractivity contribution is -0.136. The number of amides is 3. The van der Waals surface area contributed by atoms with Gasteiger partial charge in [-0.05, 0) is 25.5 Å². The zero-order chi connectivity index (χ0) is 15.9. The Bertz CT molecular complexity index is 674. The third-order valence-corrected chi connectivity index (χ3v) is 4.10. The summed E-state index contributed by atoms with van der Waals surface area (Å²) in [4.78, 5) is 37.3. The Hall–Kier alpha value is -2.08. The standard InChI is InChI=1S/C15H15ClN2O4/c1-2-22-12-6-8(16)5-9-10(12)7-18(15(9)21)11-3-4-13(19)17-14(11)20/h5-6,11H,2-4,7H2,1H3,(H,17,19,20). The van der Waals surface area contributed by atoms with Crippen molar-refractivity contribution in [1.29, 1.82) is 0 Å². The van der Waals surface area contributed by atoms with Gasteiger partial charge in [0.15, 0.2) is 0 Å². The van der Waals surface area contributed by atoms with Gasteiger partial charge in [-0.15, -0.1) is 0 Å². The van der Waals surface area contributed by atoms with Crippen molar-refractivity contribution in [2.45, 2.75) is 32.4 Å². The van der Waals surface area contributed by atoms with E-state index in [9.17, 15) is 14.4 Å². The van der Waals surface area contributed by atoms with E-state index in [4.69, 9.17) is 16.3 Å². The van der Waals surface area contributed by atoms with Crippen LogP contribution in [-0.2, 0) is 16.1 Å². The van der Waals surface area contributed by atoms with Crippen LogP contribution in [0, 0.1) is 0 Å². The number of fused-ring (bicyclic) bond motifs is 1. The van der Waals surface area contributed by atoms with E-state index in [1.54, 1.807) is 12.1 Å². The molecule has 0 saturated carbocycles. The number of hydrogen-bond donors (Lipinski definition) is 1. The Labute approximate surface area is 132 Å². The van der Waals surface area contributed by atoms with E-state index in [1.807, 2.05) is 6.92 Å². The normalized spacial score (nSPS) is 20.9. The van der Waals surface area contributed by atoms with Gasteiger partial charge in [-0.25, -0.2) is 0 Å². The lowest BCUT2D eigenvalue weighted by atomic mass is 10.0. The number of carbonyl (C=O) groups excluding carboxylic acids is 3. The predicted molar refractivity (Wildman–Crippen MR) is 78.7 cm³/mol. The van der Waals surface area contributed by atoms with Gasteiger partial charge in [0.2, 0.25) is 11.8 Å². The average molecular weight is 323 g/mol. The van der Waals surface area contributed by atoms with E-state index in [0.717, 1.165) is 5.56 Å². The lowest BCUT2D eigenvalue weighted by Crippen LogP contribution is -2.52. The first-order valence-corrected chi connectivity index (χ1v) is 7.49. The molecule has 0 radical (unpaired) electrons. The van der Waals surface area contributed by atoms with Crippen LogP contribution in [0.5, 0.6) is 5.75 Å². The summed E-state index contributed by atoms with van der Waals surface area (Å²) in [6, 6.07) is 2.63. The van der Waals surface area contributed by atoms with Gasteiger partial charge in [-0.3, -0.25) is 19.7 Å². The summed E-state index contributed by atoms with van der Waals surface area (Å²) < 4.78 is 5.54. The van der Waals surface area contributed by atoms with Crippen LogP contribution in [0.25, 0.3) is 0 Å². The molecule has 0 aromatic heterocycles. The van der Waals surface area contributed by atoms with Crippen molar-refractivity contribution in [3.63, 3.8) is 0 Å². The van der Waals surface area contributed by atoms with E-state index < -0.39 is 11.9 Å². The number of ether oxygens (including phenoxy) is 1. The molecule has 0 spiro atoms. The maximum Gasteiger partial charge on any atom is 0.255 e. The van der Waals surface area contributed by atoms with Crippen LogP contribution < -0.4 is 10.1 Å². The van der Waals surface area contributed by atoms with Crippen LogP contribution >= 0.6 is 11.6 Å². The lowest BCUT2D eigenvalue weighted by Gasteiger charge is -2.29. The fourth-order valence-electron chi connectivity index (χ4n) is 2.88. The van der Waals surface area contributed by atoms with Crippen LogP contribution in [-0.4, -0.2) is 35.3 Å². The molecule has 3 rings (SSSR count). The SMILES string of the molecule is CCOc1cc(Cl)cc2c1CN(C1CCC(=O)NC1=O)C2=O. The minimum atomic E-state index is -0.633. The zero-order valence-corrected chi connectivity index (χ0v) is 12.8. The molecule has 1 unspecified atom stereocenters. The molecule has 1 aromatic carbocycles. The molecule has 1 saturated heterocycles. The highest BCUT2D eigenvalue weighted by molar-refractivity contribution is 6.31. The Morgan fingerprint density at radius 1 is 1.36 bits per heavy atom. The summed E-state index contributed by atoms with van der Waals surface area (Å²) in [5.41, 5.74) is 1.20. The van der Waals surface area contributed by atoms with E-state index in [-0.39, 0.29) is 24.8 Å². The van der Waals surface area contributed by atoms with Gasteiger partial charge in [0, 0.05) is 22.6 Å². The molecular formula is C15H15ClN2O4. The van der Waals surface area contributed by atoms with Crippen molar-refractivity contribution in [2.75, 3.05) is 6.61 Å². The number of nitrogens with one attached hydrogen (secondary N) is 1. The van der Waals surface area contributed by atoms with Gasteiger partial charge < -0.3 is 9.64 Å². The fourth-order valence-corrected chi connectivity index (χ4v) is 3.09. The Kier molecular flexibility index (Phi) is 3.78. The van der Waals surface area contributed by atoms with E-state index in [1.165, 1.54) is 4.90 Å². The zero-order valence-electron chi connectivity index (χ0n) is 12.0. The number of carbonyl (C=O) groups is 3. The molecule has 1 atom stereocenters. The van der Waals surface area contributed by atoms with Crippen molar-refractivity contribution in [3.8, 4) is 5.75 Å². The third-order valence-electron chi connectivity index (χ3n) is 3.88. The molecule has 3 amide bonds. The van der Waals surface area contributed by atoms with E-state index in [2.05, 4.69) is 5.32 Å². The van der Waals surface area contributed by atoms with Gasteiger partial charge >= 0.3 is 0 Å². The van der Waals surface area contributed by atoms with Crippen LogP contribution in [0.4, 0.5) is 0 Å². The number of imide groups is 1. The summed E-state index contributed by atoms with van der Waals surface area (Å²) in [5, 5.41) is 2.69. The first-order chi connectivity index (χ1) is 10.5. The maximum atomic E-state index is 12.6. The fraction of sp³-hybridized carbons (Fsp3) is 0.400.